The summed E-state index contributed by atoms with van der Waals surface area (Å²) in [6.45, 7) is 6.64. The van der Waals surface area contributed by atoms with Crippen LogP contribution in [0.15, 0.2) is 0 Å². The Balaban J connectivity index is 2.27. The normalized spacial score (nSPS) is 45.5. The minimum absolute atomic E-state index is 0.194. The molecule has 0 aromatic heterocycles. The SMILES string of the molecule is CC1CCCC(C#N)(C2(O)CCC(C)(C)C2)C1. The third-order valence-corrected chi connectivity index (χ3v) is 5.09. The van der Waals surface area contributed by atoms with Gasteiger partial charge in [-0.1, -0.05) is 33.6 Å². The Morgan fingerprint density at radius 3 is 2.41 bits per heavy atom. The van der Waals surface area contributed by atoms with Gasteiger partial charge in [0, 0.05) is 0 Å². The van der Waals surface area contributed by atoms with Crippen LogP contribution in [0.2, 0.25) is 0 Å². The molecule has 0 aromatic rings. The van der Waals surface area contributed by atoms with Gasteiger partial charge in [-0.15, -0.1) is 0 Å². The molecule has 0 aromatic carbocycles. The first kappa shape index (κ1) is 12.9. The molecular weight excluding hydrogens is 210 g/mol. The first-order valence-electron chi connectivity index (χ1n) is 6.96. The van der Waals surface area contributed by atoms with E-state index in [9.17, 15) is 10.4 Å². The summed E-state index contributed by atoms with van der Waals surface area (Å²) in [5.41, 5.74) is -1.02. The molecule has 2 aliphatic rings. The van der Waals surface area contributed by atoms with Crippen molar-refractivity contribution in [1.82, 2.24) is 0 Å². The van der Waals surface area contributed by atoms with Gasteiger partial charge in [0.25, 0.3) is 0 Å². The molecule has 2 fully saturated rings. The van der Waals surface area contributed by atoms with Crippen LogP contribution in [0, 0.1) is 28.1 Å². The van der Waals surface area contributed by atoms with E-state index >= 15 is 0 Å². The third kappa shape index (κ3) is 2.10. The van der Waals surface area contributed by atoms with E-state index in [1.165, 1.54) is 6.42 Å². The summed E-state index contributed by atoms with van der Waals surface area (Å²) in [7, 11) is 0. The molecule has 2 rings (SSSR count). The average Bonchev–Trinajstić information content (AvgIpc) is 2.54. The van der Waals surface area contributed by atoms with Crippen LogP contribution >= 0.6 is 0 Å². The Labute approximate surface area is 105 Å². The second-order valence-corrected chi connectivity index (χ2v) is 7.27. The molecule has 0 bridgehead atoms. The maximum Gasteiger partial charge on any atom is 0.0863 e. The second-order valence-electron chi connectivity index (χ2n) is 7.27. The van der Waals surface area contributed by atoms with E-state index in [1.54, 1.807) is 0 Å². The van der Waals surface area contributed by atoms with Crippen molar-refractivity contribution in [2.24, 2.45) is 16.7 Å². The number of nitrogens with zero attached hydrogens (tertiary/aromatic N) is 1. The first-order chi connectivity index (χ1) is 7.83. The lowest BCUT2D eigenvalue weighted by Crippen LogP contribution is -2.48. The molecule has 0 aliphatic heterocycles. The fourth-order valence-corrected chi connectivity index (χ4v) is 4.10. The smallest absolute Gasteiger partial charge is 0.0863 e. The maximum atomic E-state index is 11.0. The van der Waals surface area contributed by atoms with Gasteiger partial charge in [0.2, 0.25) is 0 Å². The molecule has 96 valence electrons. The average molecular weight is 235 g/mol. The fourth-order valence-electron chi connectivity index (χ4n) is 4.10. The van der Waals surface area contributed by atoms with Gasteiger partial charge in [-0.05, 0) is 43.4 Å². The lowest BCUT2D eigenvalue weighted by molar-refractivity contribution is -0.0809. The van der Waals surface area contributed by atoms with E-state index in [1.807, 2.05) is 0 Å². The highest BCUT2D eigenvalue weighted by atomic mass is 16.3. The zero-order valence-electron chi connectivity index (χ0n) is 11.4. The van der Waals surface area contributed by atoms with Crippen molar-refractivity contribution >= 4 is 0 Å². The van der Waals surface area contributed by atoms with Gasteiger partial charge >= 0.3 is 0 Å². The Bertz CT molecular complexity index is 343. The lowest BCUT2D eigenvalue weighted by atomic mass is 9.60. The molecule has 3 unspecified atom stereocenters. The molecule has 3 atom stereocenters. The van der Waals surface area contributed by atoms with E-state index in [2.05, 4.69) is 26.8 Å². The highest BCUT2D eigenvalue weighted by Crippen LogP contribution is 2.57. The van der Waals surface area contributed by atoms with Crippen LogP contribution in [0.1, 0.15) is 65.7 Å². The minimum Gasteiger partial charge on any atom is -0.388 e. The predicted molar refractivity (Wildman–Crippen MR) is 68.3 cm³/mol. The van der Waals surface area contributed by atoms with Crippen molar-refractivity contribution in [3.8, 4) is 6.07 Å². The van der Waals surface area contributed by atoms with Crippen molar-refractivity contribution in [2.45, 2.75) is 71.3 Å². The molecule has 0 heterocycles. The van der Waals surface area contributed by atoms with E-state index in [0.717, 1.165) is 38.5 Å². The Morgan fingerprint density at radius 1 is 1.24 bits per heavy atom. The van der Waals surface area contributed by atoms with Gasteiger partial charge in [-0.2, -0.15) is 5.26 Å². The Morgan fingerprint density at radius 2 is 1.94 bits per heavy atom. The summed E-state index contributed by atoms with van der Waals surface area (Å²) in [5, 5.41) is 20.6. The second kappa shape index (κ2) is 3.99. The number of hydrogen-bond acceptors (Lipinski definition) is 2. The van der Waals surface area contributed by atoms with E-state index in [-0.39, 0.29) is 5.41 Å². The van der Waals surface area contributed by atoms with Crippen molar-refractivity contribution in [2.75, 3.05) is 0 Å². The van der Waals surface area contributed by atoms with Crippen LogP contribution in [0.5, 0.6) is 0 Å². The van der Waals surface area contributed by atoms with Crippen molar-refractivity contribution in [1.29, 1.82) is 5.26 Å². The number of hydrogen-bond donors (Lipinski definition) is 1. The molecule has 17 heavy (non-hydrogen) atoms. The molecule has 0 amide bonds. The van der Waals surface area contributed by atoms with Crippen LogP contribution in [0.4, 0.5) is 0 Å². The standard InChI is InChI=1S/C15H25NO/c1-12-5-4-6-14(9-12,11-16)15(17)8-7-13(2,3)10-15/h12,17H,4-10H2,1-3H3. The largest absolute Gasteiger partial charge is 0.388 e. The van der Waals surface area contributed by atoms with Crippen molar-refractivity contribution < 1.29 is 5.11 Å². The summed E-state index contributed by atoms with van der Waals surface area (Å²) in [4.78, 5) is 0. The van der Waals surface area contributed by atoms with Gasteiger partial charge in [0.05, 0.1) is 17.1 Å². The summed E-state index contributed by atoms with van der Waals surface area (Å²) in [5.74, 6) is 0.580. The van der Waals surface area contributed by atoms with Gasteiger partial charge in [0.15, 0.2) is 0 Å². The third-order valence-electron chi connectivity index (χ3n) is 5.09. The number of rotatable bonds is 1. The molecule has 2 nitrogen and oxygen atoms in total. The maximum absolute atomic E-state index is 11.0. The van der Waals surface area contributed by atoms with Crippen LogP contribution in [0.3, 0.4) is 0 Å². The predicted octanol–water partition coefficient (Wildman–Crippen LogP) is 3.65. The molecule has 2 aliphatic carbocycles. The highest BCUT2D eigenvalue weighted by molar-refractivity contribution is 5.16. The van der Waals surface area contributed by atoms with Crippen molar-refractivity contribution in [3.05, 3.63) is 0 Å². The summed E-state index contributed by atoms with van der Waals surface area (Å²) >= 11 is 0. The monoisotopic (exact) mass is 235 g/mol. The topological polar surface area (TPSA) is 44.0 Å². The van der Waals surface area contributed by atoms with Gasteiger partial charge in [-0.25, -0.2) is 0 Å². The van der Waals surface area contributed by atoms with E-state index in [0.29, 0.717) is 5.92 Å². The van der Waals surface area contributed by atoms with E-state index < -0.39 is 11.0 Å². The van der Waals surface area contributed by atoms with Gasteiger partial charge < -0.3 is 5.11 Å². The Kier molecular flexibility index (Phi) is 3.02. The molecule has 0 radical (unpaired) electrons. The fraction of sp³-hybridized carbons (Fsp3) is 0.933. The van der Waals surface area contributed by atoms with Crippen LogP contribution < -0.4 is 0 Å². The highest BCUT2D eigenvalue weighted by Gasteiger charge is 2.57. The molecule has 2 heteroatoms. The number of aliphatic hydroxyl groups is 1. The molecule has 2 saturated carbocycles. The van der Waals surface area contributed by atoms with Crippen LogP contribution in [0.25, 0.3) is 0 Å². The molecule has 0 saturated heterocycles. The van der Waals surface area contributed by atoms with Crippen LogP contribution in [-0.2, 0) is 0 Å². The molecule has 1 N–H and O–H groups in total. The van der Waals surface area contributed by atoms with E-state index in [4.69, 9.17) is 0 Å². The zero-order valence-corrected chi connectivity index (χ0v) is 11.4. The van der Waals surface area contributed by atoms with Gasteiger partial charge in [-0.3, -0.25) is 0 Å². The quantitative estimate of drug-likeness (QED) is 0.754. The van der Waals surface area contributed by atoms with Crippen molar-refractivity contribution in [3.63, 3.8) is 0 Å². The van der Waals surface area contributed by atoms with Crippen LogP contribution in [-0.4, -0.2) is 10.7 Å². The number of nitriles is 1. The Hall–Kier alpha value is -0.550. The van der Waals surface area contributed by atoms with Gasteiger partial charge in [0.1, 0.15) is 0 Å². The summed E-state index contributed by atoms with van der Waals surface area (Å²) in [6, 6.07) is 2.52. The summed E-state index contributed by atoms with van der Waals surface area (Å²) < 4.78 is 0. The first-order valence-corrected chi connectivity index (χ1v) is 6.96. The zero-order chi connectivity index (χ0) is 12.7. The molecule has 0 spiro atoms. The minimum atomic E-state index is -0.736. The molecular formula is C15H25NO. The lowest BCUT2D eigenvalue weighted by Gasteiger charge is -2.45. The summed E-state index contributed by atoms with van der Waals surface area (Å²) in [6.07, 6.45) is 6.72.